The molecule has 1 heterocycles. The van der Waals surface area contributed by atoms with Gasteiger partial charge in [0.1, 0.15) is 5.76 Å². The Morgan fingerprint density at radius 3 is 2.83 bits per heavy atom. The van der Waals surface area contributed by atoms with Crippen LogP contribution in [0.2, 0.25) is 0 Å². The van der Waals surface area contributed by atoms with Gasteiger partial charge >= 0.3 is 0 Å². The Bertz CT molecular complexity index is 733. The van der Waals surface area contributed by atoms with E-state index in [4.69, 9.17) is 9.68 Å². The molecule has 0 radical (unpaired) electrons. The normalized spacial score (nSPS) is 11.8. The fraction of sp³-hybridized carbons (Fsp3) is 0.353. The molecule has 0 bridgehead atoms. The predicted molar refractivity (Wildman–Crippen MR) is 97.3 cm³/mol. The molecular weight excluding hydrogens is 342 g/mol. The second kappa shape index (κ2) is 8.81. The fourth-order valence-corrected chi connectivity index (χ4v) is 3.58. The third-order valence-corrected chi connectivity index (χ3v) is 5.21. The van der Waals surface area contributed by atoms with Crippen LogP contribution in [0.3, 0.4) is 0 Å². The van der Waals surface area contributed by atoms with Crippen molar-refractivity contribution in [1.82, 2.24) is 4.98 Å². The van der Waals surface area contributed by atoms with E-state index in [9.17, 15) is 4.79 Å². The molecule has 0 spiro atoms. The van der Waals surface area contributed by atoms with Gasteiger partial charge in [-0.15, -0.1) is 11.8 Å². The molecule has 2 rings (SSSR count). The minimum Gasteiger partial charge on any atom is -0.437 e. The summed E-state index contributed by atoms with van der Waals surface area (Å²) < 4.78 is 5.46. The summed E-state index contributed by atoms with van der Waals surface area (Å²) in [5, 5.41) is 12.4. The van der Waals surface area contributed by atoms with Crippen LogP contribution in [0.1, 0.15) is 24.8 Å². The lowest BCUT2D eigenvalue weighted by Gasteiger charge is -2.12. The molecule has 1 aromatic heterocycles. The molecule has 0 aliphatic heterocycles. The van der Waals surface area contributed by atoms with Gasteiger partial charge in [0.05, 0.1) is 23.2 Å². The number of anilines is 1. The minimum atomic E-state index is -0.116. The molecule has 1 atom stereocenters. The van der Waals surface area contributed by atoms with Crippen molar-refractivity contribution >= 4 is 35.1 Å². The van der Waals surface area contributed by atoms with E-state index in [1.165, 1.54) is 11.8 Å². The maximum absolute atomic E-state index is 12.2. The molecule has 0 aliphatic carbocycles. The third-order valence-electron chi connectivity index (χ3n) is 3.20. The molecule has 1 unspecified atom stereocenters. The fourth-order valence-electron chi connectivity index (χ4n) is 1.88. The van der Waals surface area contributed by atoms with Gasteiger partial charge in [0, 0.05) is 16.6 Å². The van der Waals surface area contributed by atoms with Gasteiger partial charge in [-0.3, -0.25) is 4.79 Å². The third kappa shape index (κ3) is 5.32. The number of hydrogen-bond acceptors (Lipinski definition) is 6. The molecule has 0 fully saturated rings. The molecule has 0 saturated carbocycles. The first-order valence-electron chi connectivity index (χ1n) is 7.49. The van der Waals surface area contributed by atoms with Gasteiger partial charge in [-0.25, -0.2) is 4.98 Å². The summed E-state index contributed by atoms with van der Waals surface area (Å²) in [6.45, 7) is 5.72. The Balaban J connectivity index is 1.95. The maximum Gasteiger partial charge on any atom is 0.256 e. The van der Waals surface area contributed by atoms with Crippen LogP contribution >= 0.6 is 23.5 Å². The molecule has 1 N–H and O–H groups in total. The van der Waals surface area contributed by atoms with E-state index in [2.05, 4.69) is 16.4 Å². The lowest BCUT2D eigenvalue weighted by molar-refractivity contribution is -0.113. The second-order valence-corrected chi connectivity index (χ2v) is 7.65. The van der Waals surface area contributed by atoms with Gasteiger partial charge in [-0.2, -0.15) is 5.26 Å². The van der Waals surface area contributed by atoms with Crippen molar-refractivity contribution < 1.29 is 9.21 Å². The molecule has 126 valence electrons. The highest BCUT2D eigenvalue weighted by atomic mass is 32.2. The second-order valence-electron chi connectivity index (χ2n) is 5.25. The molecule has 1 amide bonds. The number of hydrogen-bond donors (Lipinski definition) is 1. The van der Waals surface area contributed by atoms with Gasteiger partial charge in [0.2, 0.25) is 5.91 Å². The Labute approximate surface area is 150 Å². The number of benzene rings is 1. The van der Waals surface area contributed by atoms with Crippen molar-refractivity contribution in [2.24, 2.45) is 0 Å². The molecule has 7 heteroatoms. The van der Waals surface area contributed by atoms with Crippen molar-refractivity contribution in [3.05, 3.63) is 35.7 Å². The van der Waals surface area contributed by atoms with E-state index >= 15 is 0 Å². The summed E-state index contributed by atoms with van der Waals surface area (Å²) in [5.41, 5.74) is 1.60. The summed E-state index contributed by atoms with van der Waals surface area (Å²) in [6.07, 6.45) is 0.464. The van der Waals surface area contributed by atoms with E-state index in [1.54, 1.807) is 11.8 Å². The highest BCUT2D eigenvalue weighted by molar-refractivity contribution is 8.00. The number of para-hydroxylation sites is 1. The summed E-state index contributed by atoms with van der Waals surface area (Å²) in [4.78, 5) is 17.4. The van der Waals surface area contributed by atoms with Gasteiger partial charge in [-0.1, -0.05) is 30.8 Å². The van der Waals surface area contributed by atoms with Gasteiger partial charge in [-0.05, 0) is 26.0 Å². The Hall–Kier alpha value is -1.91. The maximum atomic E-state index is 12.2. The molecule has 5 nitrogen and oxygen atoms in total. The Kier molecular flexibility index (Phi) is 6.76. The first-order valence-corrected chi connectivity index (χ1v) is 9.35. The topological polar surface area (TPSA) is 78.9 Å². The van der Waals surface area contributed by atoms with Crippen molar-refractivity contribution in [3.63, 3.8) is 0 Å². The van der Waals surface area contributed by atoms with Crippen LogP contribution in [0.4, 0.5) is 5.69 Å². The first-order chi connectivity index (χ1) is 11.5. The zero-order valence-electron chi connectivity index (χ0n) is 13.8. The van der Waals surface area contributed by atoms with E-state index in [1.807, 2.05) is 45.0 Å². The van der Waals surface area contributed by atoms with Crippen LogP contribution in [0.25, 0.3) is 0 Å². The molecule has 24 heavy (non-hydrogen) atoms. The van der Waals surface area contributed by atoms with E-state index < -0.39 is 0 Å². The van der Waals surface area contributed by atoms with Crippen molar-refractivity contribution in [2.45, 2.75) is 42.6 Å². The highest BCUT2D eigenvalue weighted by Crippen LogP contribution is 2.31. The number of nitriles is 1. The largest absolute Gasteiger partial charge is 0.437 e. The summed E-state index contributed by atoms with van der Waals surface area (Å²) in [5.74, 6) is 0.882. The number of aryl methyl sites for hydroxylation is 2. The number of amides is 1. The van der Waals surface area contributed by atoms with Crippen LogP contribution in [-0.4, -0.2) is 21.9 Å². The molecule has 2 aromatic rings. The van der Waals surface area contributed by atoms with Crippen LogP contribution < -0.4 is 5.32 Å². The molecular formula is C17H19N3O2S2. The van der Waals surface area contributed by atoms with Crippen LogP contribution in [0.15, 0.2) is 38.8 Å². The Morgan fingerprint density at radius 1 is 1.42 bits per heavy atom. The summed E-state index contributed by atoms with van der Waals surface area (Å²) in [7, 11) is 0. The SMILES string of the molecule is Cc1nc(SCC(=O)Nc2ccccc2SC(C)CC#N)oc1C. The first kappa shape index (κ1) is 18.4. The van der Waals surface area contributed by atoms with Gasteiger partial charge in [0.15, 0.2) is 0 Å². The number of thioether (sulfide) groups is 2. The summed E-state index contributed by atoms with van der Waals surface area (Å²) >= 11 is 2.85. The number of nitrogens with one attached hydrogen (secondary N) is 1. The number of carbonyl (C=O) groups excluding carboxylic acids is 1. The molecule has 0 saturated heterocycles. The zero-order valence-corrected chi connectivity index (χ0v) is 15.5. The van der Waals surface area contributed by atoms with Crippen LogP contribution in [0, 0.1) is 25.2 Å². The van der Waals surface area contributed by atoms with E-state index in [-0.39, 0.29) is 16.9 Å². The Morgan fingerprint density at radius 2 is 2.17 bits per heavy atom. The van der Waals surface area contributed by atoms with E-state index in [0.29, 0.717) is 11.6 Å². The molecule has 1 aromatic carbocycles. The number of aromatic nitrogens is 1. The monoisotopic (exact) mass is 361 g/mol. The standard InChI is InChI=1S/C17H19N3O2S2/c1-11(8-9-18)24-15-7-5-4-6-14(15)20-16(21)10-23-17-19-12(2)13(3)22-17/h4-7,11H,8,10H2,1-3H3,(H,20,21). The molecule has 0 aliphatic rings. The number of rotatable bonds is 7. The van der Waals surface area contributed by atoms with Crippen molar-refractivity contribution in [2.75, 3.05) is 11.1 Å². The van der Waals surface area contributed by atoms with Gasteiger partial charge < -0.3 is 9.73 Å². The lowest BCUT2D eigenvalue weighted by atomic mass is 10.3. The number of oxazole rings is 1. The lowest BCUT2D eigenvalue weighted by Crippen LogP contribution is -2.14. The average molecular weight is 361 g/mol. The van der Waals surface area contributed by atoms with Gasteiger partial charge in [0.25, 0.3) is 5.22 Å². The van der Waals surface area contributed by atoms with Crippen LogP contribution in [-0.2, 0) is 4.79 Å². The van der Waals surface area contributed by atoms with Crippen molar-refractivity contribution in [3.8, 4) is 6.07 Å². The predicted octanol–water partition coefficient (Wildman–Crippen LogP) is 4.42. The zero-order chi connectivity index (χ0) is 17.5. The van der Waals surface area contributed by atoms with E-state index in [0.717, 1.165) is 22.0 Å². The number of nitrogens with zero attached hydrogens (tertiary/aromatic N) is 2. The van der Waals surface area contributed by atoms with Crippen molar-refractivity contribution in [1.29, 1.82) is 5.26 Å². The summed E-state index contributed by atoms with van der Waals surface area (Å²) in [6, 6.07) is 9.77. The minimum absolute atomic E-state index is 0.116. The van der Waals surface area contributed by atoms with Crippen LogP contribution in [0.5, 0.6) is 0 Å². The quantitative estimate of drug-likeness (QED) is 0.736. The highest BCUT2D eigenvalue weighted by Gasteiger charge is 2.12. The average Bonchev–Trinajstić information content (AvgIpc) is 2.86. The smallest absolute Gasteiger partial charge is 0.256 e. The number of carbonyl (C=O) groups is 1.